The van der Waals surface area contributed by atoms with Gasteiger partial charge in [-0.15, -0.1) is 0 Å². The second-order valence-corrected chi connectivity index (χ2v) is 4.83. The first-order valence-electron chi connectivity index (χ1n) is 5.86. The van der Waals surface area contributed by atoms with Crippen molar-refractivity contribution >= 4 is 23.2 Å². The van der Waals surface area contributed by atoms with Crippen LogP contribution in [0.4, 0.5) is 0 Å². The van der Waals surface area contributed by atoms with Gasteiger partial charge >= 0.3 is 0 Å². The summed E-state index contributed by atoms with van der Waals surface area (Å²) in [5.41, 5.74) is 1.17. The lowest BCUT2D eigenvalue weighted by Crippen LogP contribution is -2.32. The van der Waals surface area contributed by atoms with E-state index in [4.69, 9.17) is 27.9 Å². The fourth-order valence-corrected chi connectivity index (χ4v) is 1.89. The molecule has 0 aromatic heterocycles. The van der Waals surface area contributed by atoms with Gasteiger partial charge in [0.2, 0.25) is 0 Å². The molecular weight excluding hydrogens is 257 g/mol. The van der Waals surface area contributed by atoms with Gasteiger partial charge in [0.25, 0.3) is 0 Å². The minimum absolute atomic E-state index is 0.304. The van der Waals surface area contributed by atoms with Gasteiger partial charge in [-0.25, -0.2) is 0 Å². The number of likely N-dealkylation sites (N-methyl/N-ethyl adjacent to an activating group) is 1. The maximum absolute atomic E-state index is 5.98. The average molecular weight is 276 g/mol. The summed E-state index contributed by atoms with van der Waals surface area (Å²) in [6.07, 6.45) is 1.93. The van der Waals surface area contributed by atoms with Crippen LogP contribution in [0.25, 0.3) is 0 Å². The predicted octanol–water partition coefficient (Wildman–Crippen LogP) is 3.55. The van der Waals surface area contributed by atoms with Crippen LogP contribution in [0.2, 0.25) is 10.0 Å². The number of halogens is 2. The van der Waals surface area contributed by atoms with E-state index < -0.39 is 0 Å². The molecule has 4 heteroatoms. The Labute approximate surface area is 113 Å². The SMILES string of the molecule is CCCOCC(Cc1ccc(Cl)c(Cl)c1)NC. The van der Waals surface area contributed by atoms with Gasteiger partial charge in [0.05, 0.1) is 16.7 Å². The molecule has 96 valence electrons. The summed E-state index contributed by atoms with van der Waals surface area (Å²) in [5, 5.41) is 4.44. The third-order valence-corrected chi connectivity index (χ3v) is 3.28. The molecule has 0 spiro atoms. The molecule has 1 rings (SSSR count). The van der Waals surface area contributed by atoms with Gasteiger partial charge in [0.1, 0.15) is 0 Å². The number of rotatable bonds is 7. The summed E-state index contributed by atoms with van der Waals surface area (Å²) < 4.78 is 5.54. The molecule has 1 aromatic rings. The number of benzene rings is 1. The van der Waals surface area contributed by atoms with E-state index >= 15 is 0 Å². The largest absolute Gasteiger partial charge is 0.380 e. The Bertz CT molecular complexity index is 344. The van der Waals surface area contributed by atoms with Crippen LogP contribution in [0.1, 0.15) is 18.9 Å². The molecule has 0 aliphatic carbocycles. The highest BCUT2D eigenvalue weighted by atomic mass is 35.5. The summed E-state index contributed by atoms with van der Waals surface area (Å²) in [7, 11) is 1.94. The smallest absolute Gasteiger partial charge is 0.0622 e. The van der Waals surface area contributed by atoms with Crippen molar-refractivity contribution in [2.45, 2.75) is 25.8 Å². The molecule has 0 aliphatic heterocycles. The molecule has 2 nitrogen and oxygen atoms in total. The molecule has 0 heterocycles. The average Bonchev–Trinajstić information content (AvgIpc) is 2.32. The van der Waals surface area contributed by atoms with Crippen LogP contribution in [0, 0.1) is 0 Å². The van der Waals surface area contributed by atoms with Crippen LogP contribution in [0.15, 0.2) is 18.2 Å². The third-order valence-electron chi connectivity index (χ3n) is 2.54. The summed E-state index contributed by atoms with van der Waals surface area (Å²) in [6.45, 7) is 3.62. The van der Waals surface area contributed by atoms with Gasteiger partial charge in [-0.1, -0.05) is 36.2 Å². The fourth-order valence-electron chi connectivity index (χ4n) is 1.57. The van der Waals surface area contributed by atoms with Gasteiger partial charge in [0.15, 0.2) is 0 Å². The van der Waals surface area contributed by atoms with E-state index in [-0.39, 0.29) is 0 Å². The lowest BCUT2D eigenvalue weighted by atomic mass is 10.1. The first-order chi connectivity index (χ1) is 8.17. The highest BCUT2D eigenvalue weighted by Crippen LogP contribution is 2.23. The van der Waals surface area contributed by atoms with Crippen LogP contribution >= 0.6 is 23.2 Å². The molecule has 0 radical (unpaired) electrons. The van der Waals surface area contributed by atoms with Crippen molar-refractivity contribution in [2.75, 3.05) is 20.3 Å². The Morgan fingerprint density at radius 2 is 2.06 bits per heavy atom. The summed E-state index contributed by atoms with van der Waals surface area (Å²) in [6, 6.07) is 6.05. The molecule has 0 amide bonds. The van der Waals surface area contributed by atoms with E-state index in [0.717, 1.165) is 19.4 Å². The molecule has 17 heavy (non-hydrogen) atoms. The quantitative estimate of drug-likeness (QED) is 0.769. The van der Waals surface area contributed by atoms with Crippen LogP contribution in [0.5, 0.6) is 0 Å². The van der Waals surface area contributed by atoms with Crippen molar-refractivity contribution in [1.82, 2.24) is 5.32 Å². The first-order valence-corrected chi connectivity index (χ1v) is 6.62. The van der Waals surface area contributed by atoms with E-state index in [1.54, 1.807) is 0 Å². The topological polar surface area (TPSA) is 21.3 Å². The van der Waals surface area contributed by atoms with Crippen LogP contribution in [-0.4, -0.2) is 26.3 Å². The van der Waals surface area contributed by atoms with E-state index in [1.807, 2.05) is 25.2 Å². The Morgan fingerprint density at radius 3 is 2.65 bits per heavy atom. The van der Waals surface area contributed by atoms with Crippen molar-refractivity contribution in [3.05, 3.63) is 33.8 Å². The van der Waals surface area contributed by atoms with E-state index in [1.165, 1.54) is 5.56 Å². The number of hydrogen-bond donors (Lipinski definition) is 1. The predicted molar refractivity (Wildman–Crippen MR) is 74.1 cm³/mol. The Hall–Kier alpha value is -0.280. The number of nitrogens with one attached hydrogen (secondary N) is 1. The van der Waals surface area contributed by atoms with Crippen molar-refractivity contribution in [2.24, 2.45) is 0 Å². The fraction of sp³-hybridized carbons (Fsp3) is 0.538. The molecule has 0 saturated heterocycles. The van der Waals surface area contributed by atoms with Gasteiger partial charge in [-0.05, 0) is 37.6 Å². The van der Waals surface area contributed by atoms with Crippen molar-refractivity contribution in [1.29, 1.82) is 0 Å². The third kappa shape index (κ3) is 5.26. The molecule has 0 bridgehead atoms. The van der Waals surface area contributed by atoms with E-state index in [0.29, 0.717) is 22.7 Å². The highest BCUT2D eigenvalue weighted by Gasteiger charge is 2.08. The lowest BCUT2D eigenvalue weighted by molar-refractivity contribution is 0.114. The maximum Gasteiger partial charge on any atom is 0.0622 e. The normalized spacial score (nSPS) is 12.7. The van der Waals surface area contributed by atoms with Crippen molar-refractivity contribution < 1.29 is 4.74 Å². The van der Waals surface area contributed by atoms with Crippen LogP contribution in [0.3, 0.4) is 0 Å². The van der Waals surface area contributed by atoms with Gasteiger partial charge in [0, 0.05) is 12.6 Å². The van der Waals surface area contributed by atoms with E-state index in [9.17, 15) is 0 Å². The Kier molecular flexibility index (Phi) is 6.90. The summed E-state index contributed by atoms with van der Waals surface area (Å²) in [5.74, 6) is 0. The van der Waals surface area contributed by atoms with E-state index in [2.05, 4.69) is 12.2 Å². The van der Waals surface area contributed by atoms with Gasteiger partial charge in [-0.2, -0.15) is 0 Å². The van der Waals surface area contributed by atoms with Gasteiger partial charge < -0.3 is 10.1 Å². The number of ether oxygens (including phenoxy) is 1. The molecule has 1 aromatic carbocycles. The standard InChI is InChI=1S/C13H19Cl2NO/c1-3-6-17-9-11(16-2)7-10-4-5-12(14)13(15)8-10/h4-5,8,11,16H,3,6-7,9H2,1-2H3. The molecule has 0 fully saturated rings. The minimum Gasteiger partial charge on any atom is -0.380 e. The zero-order valence-corrected chi connectivity index (χ0v) is 11.8. The second-order valence-electron chi connectivity index (χ2n) is 4.01. The molecule has 1 atom stereocenters. The van der Waals surface area contributed by atoms with Gasteiger partial charge in [-0.3, -0.25) is 0 Å². The van der Waals surface area contributed by atoms with Crippen LogP contribution < -0.4 is 5.32 Å². The summed E-state index contributed by atoms with van der Waals surface area (Å²) in [4.78, 5) is 0. The first kappa shape index (κ1) is 14.8. The Morgan fingerprint density at radius 1 is 1.29 bits per heavy atom. The molecule has 0 aliphatic rings. The zero-order chi connectivity index (χ0) is 12.7. The highest BCUT2D eigenvalue weighted by molar-refractivity contribution is 6.42. The zero-order valence-electron chi connectivity index (χ0n) is 10.3. The minimum atomic E-state index is 0.304. The van der Waals surface area contributed by atoms with Crippen LogP contribution in [-0.2, 0) is 11.2 Å². The lowest BCUT2D eigenvalue weighted by Gasteiger charge is -2.16. The molecule has 1 unspecified atom stereocenters. The number of hydrogen-bond acceptors (Lipinski definition) is 2. The Balaban J connectivity index is 2.51. The second kappa shape index (κ2) is 7.93. The molecule has 1 N–H and O–H groups in total. The maximum atomic E-state index is 5.98. The monoisotopic (exact) mass is 275 g/mol. The molecule has 0 saturated carbocycles. The summed E-state index contributed by atoms with van der Waals surface area (Å²) >= 11 is 11.9. The van der Waals surface area contributed by atoms with Crippen molar-refractivity contribution in [3.8, 4) is 0 Å². The van der Waals surface area contributed by atoms with Crippen molar-refractivity contribution in [3.63, 3.8) is 0 Å². The molecular formula is C13H19Cl2NO.